The van der Waals surface area contributed by atoms with E-state index in [0.29, 0.717) is 6.42 Å². The molecule has 0 N–H and O–H groups in total. The fourth-order valence-corrected chi connectivity index (χ4v) is 1.28. The third-order valence-electron chi connectivity index (χ3n) is 2.07. The fraction of sp³-hybridized carbons (Fsp3) is 0.333. The minimum atomic E-state index is -0.421. The van der Waals surface area contributed by atoms with Gasteiger partial charge in [-0.15, -0.1) is 0 Å². The smallest absolute Gasteiger partial charge is 0.129 e. The lowest BCUT2D eigenvalue weighted by atomic mass is 10.1. The molecule has 0 fully saturated rings. The Balaban J connectivity index is 2.77. The lowest BCUT2D eigenvalue weighted by Crippen LogP contribution is -2.09. The van der Waals surface area contributed by atoms with Crippen LogP contribution in [0.2, 0.25) is 0 Å². The third kappa shape index (κ3) is 2.96. The topological polar surface area (TPSA) is 9.23 Å². The largest absolute Gasteiger partial charge is 0.374 e. The van der Waals surface area contributed by atoms with E-state index < -0.39 is 6.10 Å². The minimum absolute atomic E-state index is 0.221. The molecule has 0 aliphatic carbocycles. The van der Waals surface area contributed by atoms with Gasteiger partial charge in [-0.25, -0.2) is 4.39 Å². The van der Waals surface area contributed by atoms with Crippen molar-refractivity contribution in [2.24, 2.45) is 0 Å². The summed E-state index contributed by atoms with van der Waals surface area (Å²) in [5.74, 6) is -0.221. The molecule has 0 spiro atoms. The Bertz CT molecular complexity index is 288. The monoisotopic (exact) mass is 194 g/mol. The lowest BCUT2D eigenvalue weighted by molar-refractivity contribution is 0.110. The van der Waals surface area contributed by atoms with Crippen LogP contribution in [0.5, 0.6) is 0 Å². The minimum Gasteiger partial charge on any atom is -0.374 e. The summed E-state index contributed by atoms with van der Waals surface area (Å²) in [5.41, 5.74) is 0.862. The zero-order chi connectivity index (χ0) is 10.4. The summed E-state index contributed by atoms with van der Waals surface area (Å²) in [6, 6.07) is 9.40. The van der Waals surface area contributed by atoms with Crippen LogP contribution < -0.4 is 0 Å². The van der Waals surface area contributed by atoms with Crippen molar-refractivity contribution >= 4 is 6.08 Å². The van der Waals surface area contributed by atoms with Crippen molar-refractivity contribution < 1.29 is 9.13 Å². The van der Waals surface area contributed by atoms with E-state index in [2.05, 4.69) is 0 Å². The molecule has 76 valence electrons. The van der Waals surface area contributed by atoms with Crippen LogP contribution in [0.1, 0.15) is 18.9 Å². The molecular formula is C12H15FO. The molecule has 1 aromatic carbocycles. The second kappa shape index (κ2) is 5.55. The molecule has 0 bridgehead atoms. The Morgan fingerprint density at radius 1 is 1.43 bits per heavy atom. The van der Waals surface area contributed by atoms with Crippen LogP contribution in [0.3, 0.4) is 0 Å². The predicted molar refractivity (Wildman–Crippen MR) is 56.6 cm³/mol. The molecule has 0 amide bonds. The van der Waals surface area contributed by atoms with Gasteiger partial charge in [0, 0.05) is 7.11 Å². The van der Waals surface area contributed by atoms with Gasteiger partial charge >= 0.3 is 0 Å². The van der Waals surface area contributed by atoms with Crippen molar-refractivity contribution in [1.82, 2.24) is 0 Å². The van der Waals surface area contributed by atoms with Gasteiger partial charge in [0.25, 0.3) is 0 Å². The molecule has 14 heavy (non-hydrogen) atoms. The summed E-state index contributed by atoms with van der Waals surface area (Å²) in [5, 5.41) is 0. The average Bonchev–Trinajstić information content (AvgIpc) is 2.21. The van der Waals surface area contributed by atoms with E-state index in [1.807, 2.05) is 37.3 Å². The average molecular weight is 194 g/mol. The quantitative estimate of drug-likeness (QED) is 0.713. The molecule has 1 atom stereocenters. The molecule has 0 saturated carbocycles. The Morgan fingerprint density at radius 2 is 2.07 bits per heavy atom. The molecule has 0 heterocycles. The summed E-state index contributed by atoms with van der Waals surface area (Å²) in [7, 11) is 1.52. The van der Waals surface area contributed by atoms with Crippen molar-refractivity contribution in [3.63, 3.8) is 0 Å². The van der Waals surface area contributed by atoms with Gasteiger partial charge in [0.15, 0.2) is 0 Å². The molecule has 2 heteroatoms. The Morgan fingerprint density at radius 3 is 2.57 bits per heavy atom. The highest BCUT2D eigenvalue weighted by Crippen LogP contribution is 2.15. The van der Waals surface area contributed by atoms with Crippen LogP contribution in [-0.4, -0.2) is 13.2 Å². The number of ether oxygens (including phenoxy) is 1. The van der Waals surface area contributed by atoms with Gasteiger partial charge in [-0.05, 0) is 18.1 Å². The van der Waals surface area contributed by atoms with E-state index in [1.54, 1.807) is 0 Å². The number of hydrogen-bond acceptors (Lipinski definition) is 1. The van der Waals surface area contributed by atoms with Crippen LogP contribution in [0.15, 0.2) is 36.2 Å². The Kier molecular flexibility index (Phi) is 4.33. The van der Waals surface area contributed by atoms with E-state index in [1.165, 1.54) is 13.2 Å². The molecule has 0 saturated heterocycles. The maximum atomic E-state index is 13.5. The SMILES string of the molecule is CCC(OC)/C(F)=C/c1ccccc1. The van der Waals surface area contributed by atoms with Crippen molar-refractivity contribution in [1.29, 1.82) is 0 Å². The molecule has 1 nitrogen and oxygen atoms in total. The van der Waals surface area contributed by atoms with E-state index >= 15 is 0 Å². The molecular weight excluding hydrogens is 179 g/mol. The van der Waals surface area contributed by atoms with Crippen LogP contribution in [0, 0.1) is 0 Å². The van der Waals surface area contributed by atoms with E-state index in [9.17, 15) is 4.39 Å². The molecule has 0 aliphatic heterocycles. The first-order valence-electron chi connectivity index (χ1n) is 4.72. The lowest BCUT2D eigenvalue weighted by Gasteiger charge is -2.09. The number of methoxy groups -OCH3 is 1. The van der Waals surface area contributed by atoms with Gasteiger partial charge in [-0.2, -0.15) is 0 Å². The van der Waals surface area contributed by atoms with Gasteiger partial charge in [0.1, 0.15) is 11.9 Å². The summed E-state index contributed by atoms with van der Waals surface area (Å²) < 4.78 is 18.5. The Labute approximate surface area is 84.2 Å². The molecule has 0 aromatic heterocycles. The van der Waals surface area contributed by atoms with Gasteiger partial charge in [0.05, 0.1) is 0 Å². The van der Waals surface area contributed by atoms with Crippen molar-refractivity contribution in [3.8, 4) is 0 Å². The second-order valence-electron chi connectivity index (χ2n) is 3.07. The fourth-order valence-electron chi connectivity index (χ4n) is 1.28. The number of halogens is 1. The predicted octanol–water partition coefficient (Wildman–Crippen LogP) is 3.42. The van der Waals surface area contributed by atoms with Crippen molar-refractivity contribution in [2.45, 2.75) is 19.4 Å². The first-order chi connectivity index (χ1) is 6.77. The zero-order valence-electron chi connectivity index (χ0n) is 8.53. The highest BCUT2D eigenvalue weighted by atomic mass is 19.1. The molecule has 0 aliphatic rings. The first-order valence-corrected chi connectivity index (χ1v) is 4.72. The van der Waals surface area contributed by atoms with Crippen molar-refractivity contribution in [2.75, 3.05) is 7.11 Å². The van der Waals surface area contributed by atoms with Crippen LogP contribution >= 0.6 is 0 Å². The zero-order valence-corrected chi connectivity index (χ0v) is 8.53. The number of benzene rings is 1. The Hall–Kier alpha value is -1.15. The van der Waals surface area contributed by atoms with Gasteiger partial charge in [-0.1, -0.05) is 37.3 Å². The highest BCUT2D eigenvalue weighted by Gasteiger charge is 2.09. The second-order valence-corrected chi connectivity index (χ2v) is 3.07. The van der Waals surface area contributed by atoms with Crippen LogP contribution in [0.4, 0.5) is 4.39 Å². The standard InChI is InChI=1S/C12H15FO/c1-3-12(14-2)11(13)9-10-7-5-4-6-8-10/h4-9,12H,3H2,1-2H3/b11-9-. The molecule has 1 unspecified atom stereocenters. The van der Waals surface area contributed by atoms with Gasteiger partial charge in [0.2, 0.25) is 0 Å². The number of rotatable bonds is 4. The summed E-state index contributed by atoms with van der Waals surface area (Å²) in [6.07, 6.45) is 1.73. The van der Waals surface area contributed by atoms with E-state index in [-0.39, 0.29) is 5.83 Å². The van der Waals surface area contributed by atoms with Gasteiger partial charge < -0.3 is 4.74 Å². The summed E-state index contributed by atoms with van der Waals surface area (Å²) >= 11 is 0. The maximum Gasteiger partial charge on any atom is 0.129 e. The highest BCUT2D eigenvalue weighted by molar-refractivity contribution is 5.51. The van der Waals surface area contributed by atoms with Crippen LogP contribution in [0.25, 0.3) is 6.08 Å². The molecule has 0 radical (unpaired) electrons. The molecule has 1 rings (SSSR count). The normalized spacial score (nSPS) is 14.1. The summed E-state index contributed by atoms with van der Waals surface area (Å²) in [6.45, 7) is 1.90. The third-order valence-corrected chi connectivity index (χ3v) is 2.07. The first kappa shape index (κ1) is 10.9. The van der Waals surface area contributed by atoms with E-state index in [0.717, 1.165) is 5.56 Å². The van der Waals surface area contributed by atoms with E-state index in [4.69, 9.17) is 4.74 Å². The van der Waals surface area contributed by atoms with Crippen molar-refractivity contribution in [3.05, 3.63) is 41.7 Å². The molecule has 1 aromatic rings. The summed E-state index contributed by atoms with van der Waals surface area (Å²) in [4.78, 5) is 0. The van der Waals surface area contributed by atoms with Crippen LogP contribution in [-0.2, 0) is 4.74 Å². The van der Waals surface area contributed by atoms with Gasteiger partial charge in [-0.3, -0.25) is 0 Å². The maximum absolute atomic E-state index is 13.5. The number of hydrogen-bond donors (Lipinski definition) is 0.